The highest BCUT2D eigenvalue weighted by Gasteiger charge is 2.38. The molecule has 0 unspecified atom stereocenters. The Morgan fingerprint density at radius 3 is 0.906 bits per heavy atom. The van der Waals surface area contributed by atoms with Crippen LogP contribution in [0, 0.1) is 0 Å². The highest BCUT2D eigenvalue weighted by Crippen LogP contribution is 2.47. The van der Waals surface area contributed by atoms with Gasteiger partial charge in [-0.05, 0) is 105 Å². The van der Waals surface area contributed by atoms with Gasteiger partial charge >= 0.3 is 0 Å². The number of benzene rings is 7. The molecule has 0 aromatic heterocycles. The maximum atomic E-state index is 14.3. The first-order valence-corrected chi connectivity index (χ1v) is 21.1. The molecule has 2 aliphatic heterocycles. The van der Waals surface area contributed by atoms with E-state index in [0.29, 0.717) is 135 Å². The molecule has 0 saturated heterocycles. The van der Waals surface area contributed by atoms with Crippen molar-refractivity contribution >= 4 is 78.1 Å². The standard InChI is InChI=1S/C50H46N2O12/c1-57-19-21-59-23-25-61-27-29-63-33-7-3-31(4-8-33)51-47(53)39-15-11-35-37-13-17-41-46-42(18-14-38(44(37)46)36-12-16-40(48(51)54)45(39)43(35)36)50(56)52(49(41)55)32-5-9-34(10-6-32)64-30-28-62-26-24-60-22-20-58-2/h3-18H,19-30H2,1-2H3. The maximum absolute atomic E-state index is 14.3. The fraction of sp³-hybridized carbons (Fsp3) is 0.280. The monoisotopic (exact) mass is 866 g/mol. The molecule has 4 amide bonds. The summed E-state index contributed by atoms with van der Waals surface area (Å²) in [6.45, 7) is 5.27. The van der Waals surface area contributed by atoms with E-state index in [1.807, 2.05) is 24.3 Å². The Labute approximate surface area is 368 Å². The first-order chi connectivity index (χ1) is 31.4. The van der Waals surface area contributed by atoms with Gasteiger partial charge in [0, 0.05) is 47.2 Å². The molecule has 7 aromatic carbocycles. The van der Waals surface area contributed by atoms with Crippen LogP contribution in [0.1, 0.15) is 41.4 Å². The lowest BCUT2D eigenvalue weighted by atomic mass is 9.82. The molecule has 14 nitrogen and oxygen atoms in total. The van der Waals surface area contributed by atoms with E-state index in [2.05, 4.69) is 0 Å². The van der Waals surface area contributed by atoms with Crippen molar-refractivity contribution in [2.45, 2.75) is 0 Å². The van der Waals surface area contributed by atoms with Crippen LogP contribution < -0.4 is 19.3 Å². The van der Waals surface area contributed by atoms with E-state index in [-0.39, 0.29) is 0 Å². The first kappa shape index (κ1) is 42.8. The second-order valence-corrected chi connectivity index (χ2v) is 15.2. The van der Waals surface area contributed by atoms with Crippen molar-refractivity contribution in [3.63, 3.8) is 0 Å². The molecule has 0 bridgehead atoms. The molecular formula is C50H46N2O12. The summed E-state index contributed by atoms with van der Waals surface area (Å²) in [5, 5.41) is 5.93. The number of carbonyl (C=O) groups excluding carboxylic acids is 4. The molecule has 2 heterocycles. The van der Waals surface area contributed by atoms with Gasteiger partial charge < -0.3 is 37.9 Å². The summed E-state index contributed by atoms with van der Waals surface area (Å²) in [6.07, 6.45) is 0. The Morgan fingerprint density at radius 2 is 0.609 bits per heavy atom. The highest BCUT2D eigenvalue weighted by atomic mass is 16.6. The van der Waals surface area contributed by atoms with Crippen LogP contribution in [0.25, 0.3) is 43.1 Å². The van der Waals surface area contributed by atoms with Crippen LogP contribution in [0.15, 0.2) is 97.1 Å². The molecule has 0 aliphatic carbocycles. The summed E-state index contributed by atoms with van der Waals surface area (Å²) in [5.74, 6) is -0.604. The highest BCUT2D eigenvalue weighted by molar-refractivity contribution is 6.45. The quantitative estimate of drug-likeness (QED) is 0.0288. The third kappa shape index (κ3) is 8.00. The molecule has 0 fully saturated rings. The van der Waals surface area contributed by atoms with E-state index in [9.17, 15) is 19.2 Å². The van der Waals surface area contributed by atoms with Gasteiger partial charge in [0.05, 0.1) is 77.4 Å². The lowest BCUT2D eigenvalue weighted by molar-refractivity contribution is 0.0180. The lowest BCUT2D eigenvalue weighted by Gasteiger charge is -2.30. The SMILES string of the molecule is COCCOCCOCCOc1ccc(N2C(=O)c3ccc4c5ccc6c7c(ccc(c8ccc(c3c48)C2=O)c75)C(=O)N(c2ccc(OCCOCCOCCOC)cc2)C6=O)cc1. The van der Waals surface area contributed by atoms with Gasteiger partial charge in [0.15, 0.2) is 0 Å². The number of hydrogen-bond donors (Lipinski definition) is 0. The molecule has 2 aliphatic rings. The largest absolute Gasteiger partial charge is 0.491 e. The molecule has 7 aromatic rings. The molecule has 0 radical (unpaired) electrons. The van der Waals surface area contributed by atoms with Crippen LogP contribution in [0.2, 0.25) is 0 Å². The molecule has 0 atom stereocenters. The summed E-state index contributed by atoms with van der Waals surface area (Å²) in [4.78, 5) is 59.4. The number of carbonyl (C=O) groups is 4. The maximum Gasteiger partial charge on any atom is 0.265 e. The van der Waals surface area contributed by atoms with Crippen molar-refractivity contribution in [3.05, 3.63) is 119 Å². The van der Waals surface area contributed by atoms with E-state index in [0.717, 1.165) is 32.3 Å². The zero-order valence-corrected chi connectivity index (χ0v) is 35.5. The van der Waals surface area contributed by atoms with Gasteiger partial charge in [-0.3, -0.25) is 19.2 Å². The minimum absolute atomic E-state index is 0.320. The van der Waals surface area contributed by atoms with Gasteiger partial charge in [0.1, 0.15) is 24.7 Å². The number of anilines is 2. The third-order valence-corrected chi connectivity index (χ3v) is 11.4. The molecule has 328 valence electrons. The third-order valence-electron chi connectivity index (χ3n) is 11.4. The number of amides is 4. The Balaban J connectivity index is 0.931. The van der Waals surface area contributed by atoms with Crippen LogP contribution in [0.5, 0.6) is 11.5 Å². The predicted molar refractivity (Wildman–Crippen MR) is 241 cm³/mol. The number of rotatable bonds is 22. The van der Waals surface area contributed by atoms with E-state index >= 15 is 0 Å². The molecule has 9 rings (SSSR count). The minimum atomic E-state index is -0.437. The van der Waals surface area contributed by atoms with E-state index < -0.39 is 23.6 Å². The molecule has 0 N–H and O–H groups in total. The number of ether oxygens (including phenoxy) is 8. The normalized spacial score (nSPS) is 13.7. The zero-order chi connectivity index (χ0) is 44.2. The van der Waals surface area contributed by atoms with E-state index in [1.54, 1.807) is 87.0 Å². The summed E-state index contributed by atoms with van der Waals surface area (Å²) >= 11 is 0. The van der Waals surface area contributed by atoms with Crippen molar-refractivity contribution in [1.29, 1.82) is 0 Å². The molecular weight excluding hydrogens is 821 g/mol. The molecule has 0 saturated carbocycles. The Morgan fingerprint density at radius 1 is 0.328 bits per heavy atom. The Kier molecular flexibility index (Phi) is 12.7. The van der Waals surface area contributed by atoms with Crippen LogP contribution in [-0.2, 0) is 28.4 Å². The average Bonchev–Trinajstić information content (AvgIpc) is 3.32. The second kappa shape index (κ2) is 19.1. The average molecular weight is 867 g/mol. The van der Waals surface area contributed by atoms with Gasteiger partial charge in [-0.2, -0.15) is 0 Å². The predicted octanol–water partition coefficient (Wildman–Crippen LogP) is 7.46. The summed E-state index contributed by atoms with van der Waals surface area (Å²) in [5.41, 5.74) is 2.44. The van der Waals surface area contributed by atoms with Crippen LogP contribution >= 0.6 is 0 Å². The number of fused-ring (bicyclic) bond motifs is 2. The Bertz CT molecular complexity index is 2550. The fourth-order valence-electron chi connectivity index (χ4n) is 8.49. The van der Waals surface area contributed by atoms with Gasteiger partial charge in [-0.15, -0.1) is 0 Å². The van der Waals surface area contributed by atoms with Crippen LogP contribution in [0.4, 0.5) is 11.4 Å². The van der Waals surface area contributed by atoms with E-state index in [4.69, 9.17) is 37.9 Å². The first-order valence-electron chi connectivity index (χ1n) is 21.1. The van der Waals surface area contributed by atoms with Gasteiger partial charge in [0.2, 0.25) is 0 Å². The van der Waals surface area contributed by atoms with Crippen molar-refractivity contribution in [3.8, 4) is 11.5 Å². The minimum Gasteiger partial charge on any atom is -0.491 e. The smallest absolute Gasteiger partial charge is 0.265 e. The Hall–Kier alpha value is -6.52. The van der Waals surface area contributed by atoms with Crippen molar-refractivity contribution < 1.29 is 57.1 Å². The number of methoxy groups -OCH3 is 2. The second-order valence-electron chi connectivity index (χ2n) is 15.2. The van der Waals surface area contributed by atoms with Crippen molar-refractivity contribution in [2.75, 3.05) is 103 Å². The topological polar surface area (TPSA) is 149 Å². The lowest BCUT2D eigenvalue weighted by Crippen LogP contribution is -2.40. The zero-order valence-electron chi connectivity index (χ0n) is 35.5. The van der Waals surface area contributed by atoms with Gasteiger partial charge in [-0.1, -0.05) is 24.3 Å². The van der Waals surface area contributed by atoms with Crippen LogP contribution in [-0.4, -0.2) is 117 Å². The number of hydrogen-bond acceptors (Lipinski definition) is 12. The van der Waals surface area contributed by atoms with E-state index in [1.165, 1.54) is 9.80 Å². The molecule has 14 heteroatoms. The molecule has 0 spiro atoms. The summed E-state index contributed by atoms with van der Waals surface area (Å²) in [7, 11) is 3.24. The summed E-state index contributed by atoms with van der Waals surface area (Å²) in [6, 6.07) is 28.2. The number of nitrogens with zero attached hydrogens (tertiary/aromatic N) is 2. The molecule has 64 heavy (non-hydrogen) atoms. The number of imide groups is 2. The van der Waals surface area contributed by atoms with Crippen molar-refractivity contribution in [2.24, 2.45) is 0 Å². The fourth-order valence-corrected chi connectivity index (χ4v) is 8.49. The van der Waals surface area contributed by atoms with Gasteiger partial charge in [0.25, 0.3) is 23.6 Å². The van der Waals surface area contributed by atoms with Gasteiger partial charge in [-0.25, -0.2) is 9.80 Å². The van der Waals surface area contributed by atoms with Crippen molar-refractivity contribution in [1.82, 2.24) is 0 Å². The summed E-state index contributed by atoms with van der Waals surface area (Å²) < 4.78 is 43.4. The van der Waals surface area contributed by atoms with Crippen LogP contribution in [0.3, 0.4) is 0 Å².